The molecule has 0 bridgehead atoms. The van der Waals surface area contributed by atoms with Gasteiger partial charge in [0.25, 0.3) is 0 Å². The van der Waals surface area contributed by atoms with Crippen LogP contribution >= 0.6 is 7.60 Å². The van der Waals surface area contributed by atoms with E-state index in [2.05, 4.69) is 0 Å². The Balaban J connectivity index is 3.96. The fourth-order valence-corrected chi connectivity index (χ4v) is 1.12. The molecule has 0 aliphatic heterocycles. The maximum atomic E-state index is 10.3. The van der Waals surface area contributed by atoms with E-state index in [0.29, 0.717) is 6.42 Å². The Kier molecular flexibility index (Phi) is 3.32. The van der Waals surface area contributed by atoms with Gasteiger partial charge in [-0.25, -0.2) is 5.43 Å². The quantitative estimate of drug-likeness (QED) is 0.246. The summed E-state index contributed by atoms with van der Waals surface area (Å²) in [7, 11) is -4.01. The zero-order chi connectivity index (χ0) is 7.49. The van der Waals surface area contributed by atoms with E-state index in [1.54, 1.807) is 6.92 Å². The van der Waals surface area contributed by atoms with Crippen molar-refractivity contribution in [3.63, 3.8) is 0 Å². The molecule has 1 unspecified atom stereocenters. The maximum Gasteiger partial charge on any atom is 0.343 e. The number of nitrogens with two attached hydrogens (primary N) is 1. The van der Waals surface area contributed by atoms with Gasteiger partial charge in [-0.1, -0.05) is 6.92 Å². The number of hydrogen-bond acceptors (Lipinski definition) is 3. The minimum atomic E-state index is -4.01. The minimum absolute atomic E-state index is 0.320. The topological polar surface area (TPSA) is 95.6 Å². The van der Waals surface area contributed by atoms with Crippen molar-refractivity contribution in [3.8, 4) is 0 Å². The van der Waals surface area contributed by atoms with Crippen LogP contribution in [0.1, 0.15) is 13.3 Å². The van der Waals surface area contributed by atoms with Crippen molar-refractivity contribution in [3.05, 3.63) is 0 Å². The van der Waals surface area contributed by atoms with Crippen molar-refractivity contribution in [1.82, 2.24) is 5.43 Å². The van der Waals surface area contributed by atoms with Crippen LogP contribution in [0.15, 0.2) is 0 Å². The summed E-state index contributed by atoms with van der Waals surface area (Å²) >= 11 is 0. The average Bonchev–Trinajstić information content (AvgIpc) is 1.65. The fraction of sp³-hybridized carbons (Fsp3) is 1.00. The van der Waals surface area contributed by atoms with Gasteiger partial charge in [-0.2, -0.15) is 0 Å². The number of rotatable bonds is 3. The van der Waals surface area contributed by atoms with Gasteiger partial charge in [0, 0.05) is 0 Å². The largest absolute Gasteiger partial charge is 0.343 e. The predicted molar refractivity (Wildman–Crippen MR) is 33.4 cm³/mol. The Labute approximate surface area is 53.4 Å². The molecule has 9 heavy (non-hydrogen) atoms. The molecule has 6 heteroatoms. The van der Waals surface area contributed by atoms with Gasteiger partial charge in [0.2, 0.25) is 0 Å². The van der Waals surface area contributed by atoms with Crippen molar-refractivity contribution in [2.45, 2.75) is 19.1 Å². The molecule has 0 aromatic carbocycles. The summed E-state index contributed by atoms with van der Waals surface area (Å²) < 4.78 is 10.3. The van der Waals surface area contributed by atoms with E-state index >= 15 is 0 Å². The van der Waals surface area contributed by atoms with Crippen molar-refractivity contribution in [2.24, 2.45) is 5.84 Å². The second-order valence-corrected chi connectivity index (χ2v) is 3.48. The number of nitrogens with one attached hydrogen (secondary N) is 1. The highest BCUT2D eigenvalue weighted by Gasteiger charge is 2.24. The third-order valence-electron chi connectivity index (χ3n) is 0.985. The molecule has 5 nitrogen and oxygen atoms in total. The van der Waals surface area contributed by atoms with Crippen LogP contribution in [0.25, 0.3) is 0 Å². The Morgan fingerprint density at radius 2 is 2.22 bits per heavy atom. The van der Waals surface area contributed by atoms with Gasteiger partial charge in [-0.3, -0.25) is 10.4 Å². The van der Waals surface area contributed by atoms with E-state index in [0.717, 1.165) is 0 Å². The van der Waals surface area contributed by atoms with Crippen LogP contribution in [0.4, 0.5) is 0 Å². The lowest BCUT2D eigenvalue weighted by molar-refractivity contribution is 0.345. The molecule has 5 N–H and O–H groups in total. The van der Waals surface area contributed by atoms with E-state index in [9.17, 15) is 4.57 Å². The molecule has 0 heterocycles. The van der Waals surface area contributed by atoms with E-state index in [4.69, 9.17) is 15.6 Å². The van der Waals surface area contributed by atoms with Gasteiger partial charge >= 0.3 is 7.60 Å². The Hall–Kier alpha value is 0.0700. The molecule has 0 radical (unpaired) electrons. The SMILES string of the molecule is CCC(NN)P(=O)(O)O. The van der Waals surface area contributed by atoms with Gasteiger partial charge in [0.1, 0.15) is 5.78 Å². The normalized spacial score (nSPS) is 15.6. The first-order valence-electron chi connectivity index (χ1n) is 2.53. The molecule has 0 saturated heterocycles. The van der Waals surface area contributed by atoms with Crippen molar-refractivity contribution >= 4 is 7.60 Å². The van der Waals surface area contributed by atoms with Crippen molar-refractivity contribution in [1.29, 1.82) is 0 Å². The van der Waals surface area contributed by atoms with Crippen LogP contribution in [0, 0.1) is 0 Å². The maximum absolute atomic E-state index is 10.3. The summed E-state index contributed by atoms with van der Waals surface area (Å²) in [5, 5.41) is 0. The molecule has 0 aromatic rings. The zero-order valence-corrected chi connectivity index (χ0v) is 6.01. The van der Waals surface area contributed by atoms with Crippen LogP contribution in [-0.2, 0) is 4.57 Å². The van der Waals surface area contributed by atoms with Gasteiger partial charge in [0.05, 0.1) is 0 Å². The van der Waals surface area contributed by atoms with Crippen LogP contribution in [-0.4, -0.2) is 15.6 Å². The smallest absolute Gasteiger partial charge is 0.323 e. The van der Waals surface area contributed by atoms with Crippen LogP contribution in [0.2, 0.25) is 0 Å². The summed E-state index contributed by atoms with van der Waals surface area (Å²) in [6.45, 7) is 1.64. The fourth-order valence-electron chi connectivity index (χ4n) is 0.453. The summed E-state index contributed by atoms with van der Waals surface area (Å²) in [5.41, 5.74) is 2.03. The first kappa shape index (κ1) is 9.07. The number of hydrogen-bond donors (Lipinski definition) is 4. The van der Waals surface area contributed by atoms with E-state index in [1.165, 1.54) is 0 Å². The first-order chi connectivity index (χ1) is 4.02. The highest BCUT2D eigenvalue weighted by Crippen LogP contribution is 2.40. The molecule has 0 fully saturated rings. The third kappa shape index (κ3) is 2.93. The Bertz CT molecular complexity index is 118. The number of hydrazine groups is 1. The van der Waals surface area contributed by atoms with Crippen LogP contribution in [0.5, 0.6) is 0 Å². The molecule has 0 aromatic heterocycles. The summed E-state index contributed by atoms with van der Waals surface area (Å²) in [5.74, 6) is 3.92. The molecule has 56 valence electrons. The molecule has 0 saturated carbocycles. The molecule has 0 aliphatic carbocycles. The van der Waals surface area contributed by atoms with Gasteiger partial charge in [-0.05, 0) is 6.42 Å². The molecule has 0 rings (SSSR count). The molecular weight excluding hydrogens is 143 g/mol. The van der Waals surface area contributed by atoms with E-state index in [-0.39, 0.29) is 0 Å². The van der Waals surface area contributed by atoms with Crippen LogP contribution in [0.3, 0.4) is 0 Å². The Morgan fingerprint density at radius 1 is 1.78 bits per heavy atom. The van der Waals surface area contributed by atoms with E-state index in [1.807, 2.05) is 5.43 Å². The monoisotopic (exact) mass is 154 g/mol. The average molecular weight is 154 g/mol. The highest BCUT2D eigenvalue weighted by atomic mass is 31.2. The van der Waals surface area contributed by atoms with E-state index < -0.39 is 13.4 Å². The van der Waals surface area contributed by atoms with Crippen molar-refractivity contribution in [2.75, 3.05) is 0 Å². The predicted octanol–water partition coefficient (Wildman–Crippen LogP) is -0.637. The molecule has 0 amide bonds. The molecule has 0 aliphatic rings. The first-order valence-corrected chi connectivity index (χ1v) is 4.22. The minimum Gasteiger partial charge on any atom is -0.323 e. The Morgan fingerprint density at radius 3 is 2.22 bits per heavy atom. The second-order valence-electron chi connectivity index (χ2n) is 1.68. The summed E-state index contributed by atoms with van der Waals surface area (Å²) in [6, 6.07) is 0. The van der Waals surface area contributed by atoms with Crippen LogP contribution < -0.4 is 11.3 Å². The lowest BCUT2D eigenvalue weighted by Gasteiger charge is -2.13. The van der Waals surface area contributed by atoms with Gasteiger partial charge < -0.3 is 9.79 Å². The molecule has 0 spiro atoms. The summed E-state index contributed by atoms with van der Waals surface area (Å²) in [6.07, 6.45) is 0.320. The van der Waals surface area contributed by atoms with Gasteiger partial charge in [-0.15, -0.1) is 0 Å². The molecule has 1 atom stereocenters. The highest BCUT2D eigenvalue weighted by molar-refractivity contribution is 7.52. The van der Waals surface area contributed by atoms with Gasteiger partial charge in [0.15, 0.2) is 0 Å². The lowest BCUT2D eigenvalue weighted by Crippen LogP contribution is -2.34. The zero-order valence-electron chi connectivity index (χ0n) is 5.11. The van der Waals surface area contributed by atoms with Crippen molar-refractivity contribution < 1.29 is 14.4 Å². The standard InChI is InChI=1S/C3H11N2O3P/c1-2-3(5-4)9(6,7)8/h3,5H,2,4H2,1H3,(H2,6,7,8). The lowest BCUT2D eigenvalue weighted by atomic mass is 10.5. The second kappa shape index (κ2) is 3.29. The molecular formula is C3H11N2O3P. The third-order valence-corrected chi connectivity index (χ3v) is 2.31. The summed E-state index contributed by atoms with van der Waals surface area (Å²) in [4.78, 5) is 16.9.